The van der Waals surface area contributed by atoms with Gasteiger partial charge < -0.3 is 5.32 Å². The normalized spacial score (nSPS) is 20.4. The Morgan fingerprint density at radius 2 is 1.76 bits per heavy atom. The fourth-order valence-electron chi connectivity index (χ4n) is 3.75. The van der Waals surface area contributed by atoms with Crippen molar-refractivity contribution < 1.29 is 13.2 Å². The van der Waals surface area contributed by atoms with Crippen LogP contribution in [0.5, 0.6) is 0 Å². The number of alkyl halides is 3. The zero-order valence-corrected chi connectivity index (χ0v) is 15.7. The van der Waals surface area contributed by atoms with Gasteiger partial charge in [0.15, 0.2) is 0 Å². The molecule has 1 saturated heterocycles. The van der Waals surface area contributed by atoms with Crippen molar-refractivity contribution in [3.63, 3.8) is 0 Å². The van der Waals surface area contributed by atoms with Crippen LogP contribution in [0.4, 0.5) is 13.2 Å². The minimum atomic E-state index is -4.42. The maximum Gasteiger partial charge on any atom is 0.416 e. The molecule has 1 N–H and O–H groups in total. The summed E-state index contributed by atoms with van der Waals surface area (Å²) in [4.78, 5) is 4.06. The van der Waals surface area contributed by atoms with E-state index in [1.54, 1.807) is 24.5 Å². The van der Waals surface area contributed by atoms with Crippen LogP contribution in [0.3, 0.4) is 0 Å². The molecule has 29 heavy (non-hydrogen) atoms. The lowest BCUT2D eigenvalue weighted by Crippen LogP contribution is -2.27. The Labute approximate surface area is 167 Å². The Kier molecular flexibility index (Phi) is 5.58. The predicted octanol–water partition coefficient (Wildman–Crippen LogP) is 4.70. The lowest BCUT2D eigenvalue weighted by Gasteiger charge is -2.23. The van der Waals surface area contributed by atoms with Crippen LogP contribution in [0.25, 0.3) is 11.1 Å². The number of pyridine rings is 1. The van der Waals surface area contributed by atoms with Crippen molar-refractivity contribution in [2.45, 2.75) is 30.9 Å². The number of rotatable bonds is 3. The first-order chi connectivity index (χ1) is 14.0. The molecule has 150 valence electrons. The van der Waals surface area contributed by atoms with E-state index < -0.39 is 17.7 Å². The van der Waals surface area contributed by atoms with Crippen LogP contribution in [0.1, 0.15) is 36.1 Å². The van der Waals surface area contributed by atoms with Crippen molar-refractivity contribution in [2.24, 2.45) is 0 Å². The Hall–Kier alpha value is -2.80. The zero-order chi connectivity index (χ0) is 20.3. The highest BCUT2D eigenvalue weighted by Gasteiger charge is 2.33. The van der Waals surface area contributed by atoms with Crippen LogP contribution < -0.4 is 5.32 Å². The third-order valence-corrected chi connectivity index (χ3v) is 5.30. The van der Waals surface area contributed by atoms with Gasteiger partial charge in [-0.25, -0.2) is 0 Å². The lowest BCUT2D eigenvalue weighted by atomic mass is 9.90. The molecule has 2 aromatic rings. The van der Waals surface area contributed by atoms with E-state index in [0.717, 1.165) is 48.8 Å². The summed E-state index contributed by atoms with van der Waals surface area (Å²) in [6, 6.07) is 5.68. The first-order valence-electron chi connectivity index (χ1n) is 9.65. The number of aromatic nitrogens is 3. The van der Waals surface area contributed by atoms with Crippen LogP contribution in [0.2, 0.25) is 0 Å². The molecule has 0 bridgehead atoms. The van der Waals surface area contributed by atoms with Gasteiger partial charge >= 0.3 is 6.18 Å². The van der Waals surface area contributed by atoms with Crippen molar-refractivity contribution >= 4 is 0 Å². The van der Waals surface area contributed by atoms with E-state index in [0.29, 0.717) is 11.6 Å². The summed E-state index contributed by atoms with van der Waals surface area (Å²) in [5.74, 6) is -0.328. The average Bonchev–Trinajstić information content (AvgIpc) is 3.01. The Balaban J connectivity index is 1.80. The molecule has 0 amide bonds. The highest BCUT2D eigenvalue weighted by atomic mass is 19.4. The number of hydrogen-bond donors (Lipinski definition) is 1. The molecular formula is C22H21F3N4. The standard InChI is InChI=1S/C22H21F3N4/c23-22(24,25)18-4-2-1-3-17(13-18)21-19(15-5-9-26-10-6-15)14-20(28-29-21)16-7-11-27-12-8-16/h1-6,9-10,13-14,16-17,27H,7-8,11-12H2. The molecule has 1 aliphatic carbocycles. The van der Waals surface area contributed by atoms with Gasteiger partial charge in [0.2, 0.25) is 0 Å². The maximum absolute atomic E-state index is 13.3. The van der Waals surface area contributed by atoms with Crippen molar-refractivity contribution in [1.29, 1.82) is 0 Å². The highest BCUT2D eigenvalue weighted by molar-refractivity contribution is 5.67. The van der Waals surface area contributed by atoms with E-state index in [4.69, 9.17) is 0 Å². The van der Waals surface area contributed by atoms with Crippen molar-refractivity contribution in [3.05, 3.63) is 77.9 Å². The van der Waals surface area contributed by atoms with Crippen LogP contribution in [-0.2, 0) is 0 Å². The minimum absolute atomic E-state index is 0.297. The van der Waals surface area contributed by atoms with E-state index in [1.807, 2.05) is 18.2 Å². The average molecular weight is 398 g/mol. The summed E-state index contributed by atoms with van der Waals surface area (Å²) in [5.41, 5.74) is 2.38. The van der Waals surface area contributed by atoms with Gasteiger partial charge in [-0.2, -0.15) is 23.4 Å². The van der Waals surface area contributed by atoms with E-state index in [9.17, 15) is 13.2 Å². The van der Waals surface area contributed by atoms with Crippen LogP contribution in [-0.4, -0.2) is 34.4 Å². The van der Waals surface area contributed by atoms with Gasteiger partial charge in [0, 0.05) is 29.8 Å². The predicted molar refractivity (Wildman–Crippen MR) is 105 cm³/mol. The van der Waals surface area contributed by atoms with Crippen LogP contribution in [0.15, 0.2) is 66.5 Å². The van der Waals surface area contributed by atoms with Crippen molar-refractivity contribution in [1.82, 2.24) is 20.5 Å². The number of piperidine rings is 1. The third-order valence-electron chi connectivity index (χ3n) is 5.30. The molecule has 1 unspecified atom stereocenters. The molecule has 4 rings (SSSR count). The number of hydrogen-bond acceptors (Lipinski definition) is 4. The number of nitrogens with one attached hydrogen (secondary N) is 1. The number of allylic oxidation sites excluding steroid dienone is 6. The van der Waals surface area contributed by atoms with Gasteiger partial charge in [-0.15, -0.1) is 0 Å². The summed E-state index contributed by atoms with van der Waals surface area (Å²) in [6.07, 6.45) is 7.90. The SMILES string of the molecule is FC(F)(F)C1=CC(c2nnc(C3CCNCC3)cc2-c2ccncc2)C=CC=C1. The molecule has 0 spiro atoms. The Morgan fingerprint density at radius 3 is 2.48 bits per heavy atom. The smallest absolute Gasteiger partial charge is 0.317 e. The van der Waals surface area contributed by atoms with Crippen LogP contribution >= 0.6 is 0 Å². The van der Waals surface area contributed by atoms with Gasteiger partial charge in [-0.05, 0) is 49.7 Å². The number of nitrogens with zero attached hydrogens (tertiary/aromatic N) is 3. The van der Waals surface area contributed by atoms with Gasteiger partial charge in [0.05, 0.1) is 17.0 Å². The molecular weight excluding hydrogens is 377 g/mol. The summed E-state index contributed by atoms with van der Waals surface area (Å²) in [6.45, 7) is 1.85. The second-order valence-corrected chi connectivity index (χ2v) is 7.22. The molecule has 1 fully saturated rings. The zero-order valence-electron chi connectivity index (χ0n) is 15.7. The van der Waals surface area contributed by atoms with E-state index in [2.05, 4.69) is 20.5 Å². The molecule has 2 aliphatic rings. The fourth-order valence-corrected chi connectivity index (χ4v) is 3.75. The van der Waals surface area contributed by atoms with Crippen LogP contribution in [0, 0.1) is 0 Å². The van der Waals surface area contributed by atoms with Crippen molar-refractivity contribution in [2.75, 3.05) is 13.1 Å². The van der Waals surface area contributed by atoms with E-state index >= 15 is 0 Å². The molecule has 4 nitrogen and oxygen atoms in total. The molecule has 7 heteroatoms. The highest BCUT2D eigenvalue weighted by Crippen LogP contribution is 2.36. The summed E-state index contributed by atoms with van der Waals surface area (Å²) >= 11 is 0. The molecule has 0 saturated carbocycles. The van der Waals surface area contributed by atoms with E-state index in [-0.39, 0.29) is 0 Å². The lowest BCUT2D eigenvalue weighted by molar-refractivity contribution is -0.0884. The van der Waals surface area contributed by atoms with E-state index in [1.165, 1.54) is 12.2 Å². The summed E-state index contributed by atoms with van der Waals surface area (Å²) < 4.78 is 40.0. The third kappa shape index (κ3) is 4.45. The first kappa shape index (κ1) is 19.5. The largest absolute Gasteiger partial charge is 0.416 e. The fraction of sp³-hybridized carbons (Fsp3) is 0.318. The molecule has 3 heterocycles. The monoisotopic (exact) mass is 398 g/mol. The molecule has 0 radical (unpaired) electrons. The molecule has 0 aromatic carbocycles. The number of halogens is 3. The van der Waals surface area contributed by atoms with Gasteiger partial charge in [0.25, 0.3) is 0 Å². The quantitative estimate of drug-likeness (QED) is 0.814. The van der Waals surface area contributed by atoms with Gasteiger partial charge in [0.1, 0.15) is 0 Å². The molecule has 1 aliphatic heterocycles. The van der Waals surface area contributed by atoms with Gasteiger partial charge in [-0.3, -0.25) is 4.98 Å². The molecule has 1 atom stereocenters. The van der Waals surface area contributed by atoms with Gasteiger partial charge in [-0.1, -0.05) is 30.4 Å². The van der Waals surface area contributed by atoms with Crippen molar-refractivity contribution in [3.8, 4) is 11.1 Å². The first-order valence-corrected chi connectivity index (χ1v) is 9.65. The topological polar surface area (TPSA) is 50.7 Å². The Bertz CT molecular complexity index is 942. The maximum atomic E-state index is 13.3. The summed E-state index contributed by atoms with van der Waals surface area (Å²) in [5, 5.41) is 12.2. The second-order valence-electron chi connectivity index (χ2n) is 7.22. The minimum Gasteiger partial charge on any atom is -0.317 e. The second kappa shape index (κ2) is 8.29. The summed E-state index contributed by atoms with van der Waals surface area (Å²) in [7, 11) is 0. The molecule has 2 aromatic heterocycles. The Morgan fingerprint density at radius 1 is 1.00 bits per heavy atom.